The quantitative estimate of drug-likeness (QED) is 0.640. The van der Waals surface area contributed by atoms with Crippen LogP contribution in [0.2, 0.25) is 10.0 Å². The van der Waals surface area contributed by atoms with Crippen LogP contribution in [0.3, 0.4) is 0 Å². The summed E-state index contributed by atoms with van der Waals surface area (Å²) >= 11 is 11.9. The van der Waals surface area contributed by atoms with Crippen molar-refractivity contribution in [2.75, 3.05) is 5.32 Å². The van der Waals surface area contributed by atoms with Crippen LogP contribution in [0.15, 0.2) is 54.9 Å². The van der Waals surface area contributed by atoms with Gasteiger partial charge in [-0.25, -0.2) is 4.68 Å². The summed E-state index contributed by atoms with van der Waals surface area (Å²) in [6.45, 7) is -2.97. The van der Waals surface area contributed by atoms with Gasteiger partial charge in [0.1, 0.15) is 18.1 Å². The predicted molar refractivity (Wildman–Crippen MR) is 99.3 cm³/mol. The zero-order chi connectivity index (χ0) is 19.0. The highest BCUT2D eigenvalue weighted by molar-refractivity contribution is 6.31. The molecule has 1 aliphatic heterocycles. The standard InChI is InChI=1S/C18H12Cl2F2N4O/c19-11-3-1-10(2-4-11)15-8-14(25-18-23-9-24-26(15)18)13-6-5-12(20)7-16(13)27-17(21)22/h1-9,15,17H,(H,23,24,25)/t15-/m1/s1. The molecule has 1 aliphatic rings. The first-order valence-corrected chi connectivity index (χ1v) is 8.65. The molecule has 2 heterocycles. The average Bonchev–Trinajstić information content (AvgIpc) is 3.10. The van der Waals surface area contributed by atoms with E-state index in [0.29, 0.717) is 27.3 Å². The fourth-order valence-corrected chi connectivity index (χ4v) is 3.19. The van der Waals surface area contributed by atoms with Crippen LogP contribution in [0.4, 0.5) is 14.7 Å². The highest BCUT2D eigenvalue weighted by Crippen LogP contribution is 2.37. The van der Waals surface area contributed by atoms with Gasteiger partial charge in [0.15, 0.2) is 0 Å². The van der Waals surface area contributed by atoms with Crippen LogP contribution in [-0.2, 0) is 0 Å². The molecule has 1 N–H and O–H groups in total. The lowest BCUT2D eigenvalue weighted by Gasteiger charge is -2.25. The van der Waals surface area contributed by atoms with Crippen molar-refractivity contribution >= 4 is 34.8 Å². The molecular weight excluding hydrogens is 397 g/mol. The molecule has 0 aliphatic carbocycles. The van der Waals surface area contributed by atoms with Crippen molar-refractivity contribution in [1.29, 1.82) is 0 Å². The Kier molecular flexibility index (Phi) is 4.72. The Balaban J connectivity index is 1.81. The van der Waals surface area contributed by atoms with E-state index in [1.165, 1.54) is 12.4 Å². The fourth-order valence-electron chi connectivity index (χ4n) is 2.90. The van der Waals surface area contributed by atoms with E-state index >= 15 is 0 Å². The molecule has 138 valence electrons. The minimum Gasteiger partial charge on any atom is -0.434 e. The zero-order valence-electron chi connectivity index (χ0n) is 13.6. The largest absolute Gasteiger partial charge is 0.434 e. The minimum atomic E-state index is -2.97. The summed E-state index contributed by atoms with van der Waals surface area (Å²) in [5.74, 6) is 0.449. The van der Waals surface area contributed by atoms with E-state index in [1.807, 2.05) is 18.2 Å². The van der Waals surface area contributed by atoms with Gasteiger partial charge in [-0.05, 0) is 42.0 Å². The summed E-state index contributed by atoms with van der Waals surface area (Å²) in [7, 11) is 0. The molecule has 27 heavy (non-hydrogen) atoms. The second kappa shape index (κ2) is 7.17. The smallest absolute Gasteiger partial charge is 0.387 e. The minimum absolute atomic E-state index is 0.0286. The first kappa shape index (κ1) is 17.8. The number of hydrogen-bond donors (Lipinski definition) is 1. The number of alkyl halides is 2. The number of hydrogen-bond acceptors (Lipinski definition) is 4. The first-order chi connectivity index (χ1) is 13.0. The van der Waals surface area contributed by atoms with Gasteiger partial charge in [-0.1, -0.05) is 35.3 Å². The highest BCUT2D eigenvalue weighted by atomic mass is 35.5. The van der Waals surface area contributed by atoms with Gasteiger partial charge < -0.3 is 10.1 Å². The molecule has 0 unspecified atom stereocenters. The Hall–Kier alpha value is -2.64. The summed E-state index contributed by atoms with van der Waals surface area (Å²) in [5.41, 5.74) is 1.91. The number of rotatable bonds is 4. The number of nitrogens with one attached hydrogen (secondary N) is 1. The number of ether oxygens (including phenoxy) is 1. The molecule has 0 fully saturated rings. The molecule has 0 saturated carbocycles. The van der Waals surface area contributed by atoms with Crippen LogP contribution >= 0.6 is 23.2 Å². The van der Waals surface area contributed by atoms with Gasteiger partial charge in [-0.3, -0.25) is 0 Å². The molecule has 3 aromatic rings. The molecule has 1 atom stereocenters. The van der Waals surface area contributed by atoms with Crippen molar-refractivity contribution in [3.63, 3.8) is 0 Å². The molecule has 0 amide bonds. The Labute approximate surface area is 163 Å². The lowest BCUT2D eigenvalue weighted by molar-refractivity contribution is -0.0500. The molecule has 5 nitrogen and oxygen atoms in total. The fraction of sp³-hybridized carbons (Fsp3) is 0.111. The summed E-state index contributed by atoms with van der Waals surface area (Å²) in [6.07, 6.45) is 3.27. The van der Waals surface area contributed by atoms with Gasteiger partial charge >= 0.3 is 6.61 Å². The molecule has 0 spiro atoms. The maximum Gasteiger partial charge on any atom is 0.387 e. The van der Waals surface area contributed by atoms with Crippen LogP contribution in [-0.4, -0.2) is 21.4 Å². The number of halogens is 4. The molecule has 4 rings (SSSR count). The van der Waals surface area contributed by atoms with Gasteiger partial charge in [-0.15, -0.1) is 0 Å². The topological polar surface area (TPSA) is 52.0 Å². The maximum atomic E-state index is 12.8. The van der Waals surface area contributed by atoms with Gasteiger partial charge in [0.25, 0.3) is 0 Å². The Morgan fingerprint density at radius 2 is 1.81 bits per heavy atom. The summed E-state index contributed by atoms with van der Waals surface area (Å²) in [5, 5.41) is 8.24. The van der Waals surface area contributed by atoms with Crippen molar-refractivity contribution in [3.05, 3.63) is 76.0 Å². The van der Waals surface area contributed by atoms with Gasteiger partial charge in [0, 0.05) is 15.6 Å². The van der Waals surface area contributed by atoms with Crippen molar-refractivity contribution in [3.8, 4) is 5.75 Å². The highest BCUT2D eigenvalue weighted by Gasteiger charge is 2.25. The second-order valence-corrected chi connectivity index (χ2v) is 6.62. The van der Waals surface area contributed by atoms with E-state index < -0.39 is 6.61 Å². The Morgan fingerprint density at radius 1 is 1.07 bits per heavy atom. The third-order valence-corrected chi connectivity index (χ3v) is 4.56. The summed E-state index contributed by atoms with van der Waals surface area (Å²) in [6, 6.07) is 11.6. The van der Waals surface area contributed by atoms with Crippen molar-refractivity contribution in [2.24, 2.45) is 0 Å². The molecule has 0 radical (unpaired) electrons. The number of aromatic nitrogens is 3. The van der Waals surface area contributed by atoms with Crippen LogP contribution in [0, 0.1) is 0 Å². The number of allylic oxidation sites excluding steroid dienone is 1. The number of anilines is 1. The monoisotopic (exact) mass is 408 g/mol. The molecule has 9 heteroatoms. The SMILES string of the molecule is FC(F)Oc1cc(Cl)ccc1C1=C[C@H](c2ccc(Cl)cc2)n2ncnc2N1. The van der Waals surface area contributed by atoms with Crippen molar-refractivity contribution in [2.45, 2.75) is 12.7 Å². The number of fused-ring (bicyclic) bond motifs is 1. The van der Waals surface area contributed by atoms with Crippen molar-refractivity contribution < 1.29 is 13.5 Å². The van der Waals surface area contributed by atoms with E-state index in [1.54, 1.807) is 28.9 Å². The predicted octanol–water partition coefficient (Wildman–Crippen LogP) is 5.24. The van der Waals surface area contributed by atoms with Crippen LogP contribution in [0.1, 0.15) is 17.2 Å². The third kappa shape index (κ3) is 3.61. The molecule has 2 aromatic carbocycles. The van der Waals surface area contributed by atoms with E-state index in [9.17, 15) is 8.78 Å². The second-order valence-electron chi connectivity index (χ2n) is 5.75. The molecule has 1 aromatic heterocycles. The van der Waals surface area contributed by atoms with Gasteiger partial charge in [0.2, 0.25) is 5.95 Å². The van der Waals surface area contributed by atoms with Gasteiger partial charge in [0.05, 0.1) is 5.70 Å². The van der Waals surface area contributed by atoms with Crippen molar-refractivity contribution in [1.82, 2.24) is 14.8 Å². The van der Waals surface area contributed by atoms with E-state index in [-0.39, 0.29) is 11.8 Å². The number of benzene rings is 2. The van der Waals surface area contributed by atoms with Crippen LogP contribution < -0.4 is 10.1 Å². The zero-order valence-corrected chi connectivity index (χ0v) is 15.1. The summed E-state index contributed by atoms with van der Waals surface area (Å²) < 4.78 is 32.0. The molecule has 0 bridgehead atoms. The molecule has 0 saturated heterocycles. The first-order valence-electron chi connectivity index (χ1n) is 7.90. The van der Waals surface area contributed by atoms with Crippen LogP contribution in [0.5, 0.6) is 5.75 Å². The third-order valence-electron chi connectivity index (χ3n) is 4.07. The summed E-state index contributed by atoms with van der Waals surface area (Å²) in [4.78, 5) is 4.19. The lowest BCUT2D eigenvalue weighted by Crippen LogP contribution is -2.20. The normalized spacial score (nSPS) is 15.9. The van der Waals surface area contributed by atoms with Gasteiger partial charge in [-0.2, -0.15) is 18.9 Å². The van der Waals surface area contributed by atoms with E-state index in [4.69, 9.17) is 23.2 Å². The molecular formula is C18H12Cl2F2N4O. The maximum absolute atomic E-state index is 12.8. The van der Waals surface area contributed by atoms with E-state index in [0.717, 1.165) is 5.56 Å². The van der Waals surface area contributed by atoms with Crippen LogP contribution in [0.25, 0.3) is 5.70 Å². The average molecular weight is 409 g/mol. The number of nitrogens with zero attached hydrogens (tertiary/aromatic N) is 3. The Bertz CT molecular complexity index is 1000. The Morgan fingerprint density at radius 3 is 2.56 bits per heavy atom. The van der Waals surface area contributed by atoms with E-state index in [2.05, 4.69) is 20.1 Å². The lowest BCUT2D eigenvalue weighted by atomic mass is 10.0.